The predicted octanol–water partition coefficient (Wildman–Crippen LogP) is 1.13. The van der Waals surface area contributed by atoms with Crippen molar-refractivity contribution in [1.29, 1.82) is 0 Å². The van der Waals surface area contributed by atoms with Gasteiger partial charge in [0.15, 0.2) is 0 Å². The van der Waals surface area contributed by atoms with E-state index in [9.17, 15) is 4.79 Å². The molecule has 4 nitrogen and oxygen atoms in total. The predicted molar refractivity (Wildman–Crippen MR) is 62.0 cm³/mol. The van der Waals surface area contributed by atoms with Crippen molar-refractivity contribution in [1.82, 2.24) is 15.1 Å². The van der Waals surface area contributed by atoms with Crippen LogP contribution in [0, 0.1) is 0 Å². The van der Waals surface area contributed by atoms with E-state index in [1.165, 1.54) is 13.0 Å². The van der Waals surface area contributed by atoms with E-state index in [2.05, 4.69) is 17.1 Å². The van der Waals surface area contributed by atoms with Gasteiger partial charge in [0.2, 0.25) is 0 Å². The minimum absolute atomic E-state index is 0.0314. The van der Waals surface area contributed by atoms with E-state index < -0.39 is 0 Å². The third kappa shape index (κ3) is 4.08. The fourth-order valence-electron chi connectivity index (χ4n) is 1.92. The Bertz CT molecular complexity index is 198. The summed E-state index contributed by atoms with van der Waals surface area (Å²) in [6.07, 6.45) is 3.38. The molecule has 1 N–H and O–H groups in total. The van der Waals surface area contributed by atoms with Crippen molar-refractivity contribution < 1.29 is 4.79 Å². The van der Waals surface area contributed by atoms with Gasteiger partial charge >= 0.3 is 6.03 Å². The van der Waals surface area contributed by atoms with E-state index in [1.807, 2.05) is 0 Å². The van der Waals surface area contributed by atoms with Crippen molar-refractivity contribution >= 4 is 6.03 Å². The van der Waals surface area contributed by atoms with Crippen LogP contribution in [0.2, 0.25) is 0 Å². The van der Waals surface area contributed by atoms with E-state index in [4.69, 9.17) is 0 Å². The fraction of sp³-hybridized carbons (Fsp3) is 0.909. The van der Waals surface area contributed by atoms with Crippen molar-refractivity contribution in [3.05, 3.63) is 0 Å². The summed E-state index contributed by atoms with van der Waals surface area (Å²) in [6.45, 7) is 5.63. The molecule has 1 fully saturated rings. The third-order valence-corrected chi connectivity index (χ3v) is 2.86. The summed E-state index contributed by atoms with van der Waals surface area (Å²) in [5.74, 6) is 0. The Labute approximate surface area is 92.6 Å². The molecule has 0 aromatic heterocycles. The number of carbonyl (C=O) groups excluding carboxylic acids is 1. The van der Waals surface area contributed by atoms with Crippen molar-refractivity contribution in [2.45, 2.75) is 32.2 Å². The zero-order valence-corrected chi connectivity index (χ0v) is 10.1. The summed E-state index contributed by atoms with van der Waals surface area (Å²) in [6, 6.07) is 0.400. The molecule has 0 radical (unpaired) electrons. The SMILES string of the molecule is CCCN1CCC(NC(=O)N(C)C)CC1. The summed E-state index contributed by atoms with van der Waals surface area (Å²) in [7, 11) is 3.56. The second-order valence-corrected chi connectivity index (χ2v) is 4.46. The summed E-state index contributed by atoms with van der Waals surface area (Å²) >= 11 is 0. The molecule has 88 valence electrons. The smallest absolute Gasteiger partial charge is 0.317 e. The number of nitrogens with zero attached hydrogens (tertiary/aromatic N) is 2. The molecule has 2 amide bonds. The largest absolute Gasteiger partial charge is 0.335 e. The number of nitrogens with one attached hydrogen (secondary N) is 1. The van der Waals surface area contributed by atoms with Gasteiger partial charge in [-0.05, 0) is 25.8 Å². The zero-order valence-electron chi connectivity index (χ0n) is 10.1. The first kappa shape index (κ1) is 12.3. The highest BCUT2D eigenvalue weighted by atomic mass is 16.2. The Kier molecular flexibility index (Phi) is 4.88. The minimum atomic E-state index is 0.0314. The Morgan fingerprint density at radius 1 is 1.40 bits per heavy atom. The molecular formula is C11H23N3O. The third-order valence-electron chi connectivity index (χ3n) is 2.86. The van der Waals surface area contributed by atoms with Crippen LogP contribution < -0.4 is 5.32 Å². The molecule has 0 aromatic carbocycles. The average molecular weight is 213 g/mol. The second-order valence-electron chi connectivity index (χ2n) is 4.46. The molecule has 1 aliphatic heterocycles. The molecule has 0 unspecified atom stereocenters. The fourth-order valence-corrected chi connectivity index (χ4v) is 1.92. The Hall–Kier alpha value is -0.770. The Morgan fingerprint density at radius 2 is 2.00 bits per heavy atom. The number of carbonyl (C=O) groups is 1. The first-order valence-corrected chi connectivity index (χ1v) is 5.83. The van der Waals surface area contributed by atoms with Crippen LogP contribution in [0.4, 0.5) is 4.79 Å². The van der Waals surface area contributed by atoms with Crippen molar-refractivity contribution in [2.24, 2.45) is 0 Å². The molecule has 0 aromatic rings. The zero-order chi connectivity index (χ0) is 11.3. The lowest BCUT2D eigenvalue weighted by atomic mass is 10.1. The topological polar surface area (TPSA) is 35.6 Å². The van der Waals surface area contributed by atoms with Gasteiger partial charge in [0.1, 0.15) is 0 Å². The molecule has 1 rings (SSSR count). The van der Waals surface area contributed by atoms with Crippen LogP contribution in [0.5, 0.6) is 0 Å². The standard InChI is InChI=1S/C11H23N3O/c1-4-7-14-8-5-10(6-9-14)12-11(15)13(2)3/h10H,4-9H2,1-3H3,(H,12,15). The molecule has 1 aliphatic rings. The van der Waals surface area contributed by atoms with Crippen molar-refractivity contribution in [3.63, 3.8) is 0 Å². The number of hydrogen-bond acceptors (Lipinski definition) is 2. The number of rotatable bonds is 3. The lowest BCUT2D eigenvalue weighted by Gasteiger charge is -2.32. The molecule has 0 bridgehead atoms. The number of piperidine rings is 1. The lowest BCUT2D eigenvalue weighted by Crippen LogP contribution is -2.47. The Balaban J connectivity index is 2.22. The molecule has 4 heteroatoms. The van der Waals surface area contributed by atoms with Crippen LogP contribution in [0.1, 0.15) is 26.2 Å². The van der Waals surface area contributed by atoms with E-state index in [0.717, 1.165) is 25.9 Å². The van der Waals surface area contributed by atoms with E-state index in [1.54, 1.807) is 19.0 Å². The van der Waals surface area contributed by atoms with Crippen LogP contribution in [-0.2, 0) is 0 Å². The highest BCUT2D eigenvalue weighted by Crippen LogP contribution is 2.10. The monoisotopic (exact) mass is 213 g/mol. The van der Waals surface area contributed by atoms with Crippen LogP contribution in [0.15, 0.2) is 0 Å². The maximum Gasteiger partial charge on any atom is 0.317 e. The quantitative estimate of drug-likeness (QED) is 0.763. The highest BCUT2D eigenvalue weighted by molar-refractivity contribution is 5.73. The van der Waals surface area contributed by atoms with Gasteiger partial charge in [-0.3, -0.25) is 0 Å². The lowest BCUT2D eigenvalue weighted by molar-refractivity contribution is 0.182. The summed E-state index contributed by atoms with van der Waals surface area (Å²) in [5.41, 5.74) is 0. The molecule has 0 atom stereocenters. The first-order valence-electron chi connectivity index (χ1n) is 5.83. The maximum atomic E-state index is 11.4. The maximum absolute atomic E-state index is 11.4. The number of urea groups is 1. The number of amides is 2. The van der Waals surface area contributed by atoms with Crippen molar-refractivity contribution in [3.8, 4) is 0 Å². The van der Waals surface area contributed by atoms with Crippen LogP contribution in [-0.4, -0.2) is 55.6 Å². The minimum Gasteiger partial charge on any atom is -0.335 e. The summed E-state index contributed by atoms with van der Waals surface area (Å²) in [5, 5.41) is 3.04. The van der Waals surface area contributed by atoms with E-state index in [0.29, 0.717) is 6.04 Å². The number of likely N-dealkylation sites (tertiary alicyclic amines) is 1. The number of hydrogen-bond donors (Lipinski definition) is 1. The van der Waals surface area contributed by atoms with Gasteiger partial charge < -0.3 is 15.1 Å². The van der Waals surface area contributed by atoms with Gasteiger partial charge in [0, 0.05) is 33.2 Å². The van der Waals surface area contributed by atoms with E-state index in [-0.39, 0.29) is 6.03 Å². The highest BCUT2D eigenvalue weighted by Gasteiger charge is 2.20. The molecule has 0 saturated carbocycles. The Morgan fingerprint density at radius 3 is 2.47 bits per heavy atom. The average Bonchev–Trinajstić information content (AvgIpc) is 2.21. The second kappa shape index (κ2) is 5.95. The van der Waals surface area contributed by atoms with Crippen LogP contribution >= 0.6 is 0 Å². The van der Waals surface area contributed by atoms with Crippen LogP contribution in [0.25, 0.3) is 0 Å². The van der Waals surface area contributed by atoms with Gasteiger partial charge in [-0.25, -0.2) is 4.79 Å². The molecule has 0 aliphatic carbocycles. The molecule has 1 saturated heterocycles. The van der Waals surface area contributed by atoms with Gasteiger partial charge in [-0.2, -0.15) is 0 Å². The molecule has 15 heavy (non-hydrogen) atoms. The first-order chi connectivity index (χ1) is 7.13. The normalized spacial score (nSPS) is 18.9. The van der Waals surface area contributed by atoms with Gasteiger partial charge in [-0.15, -0.1) is 0 Å². The van der Waals surface area contributed by atoms with Crippen molar-refractivity contribution in [2.75, 3.05) is 33.7 Å². The summed E-state index contributed by atoms with van der Waals surface area (Å²) < 4.78 is 0. The van der Waals surface area contributed by atoms with Gasteiger partial charge in [-0.1, -0.05) is 6.92 Å². The van der Waals surface area contributed by atoms with Gasteiger partial charge in [0.25, 0.3) is 0 Å². The molecular weight excluding hydrogens is 190 g/mol. The summed E-state index contributed by atoms with van der Waals surface area (Å²) in [4.78, 5) is 15.5. The molecule has 0 spiro atoms. The molecule has 1 heterocycles. The van der Waals surface area contributed by atoms with Crippen LogP contribution in [0.3, 0.4) is 0 Å². The van der Waals surface area contributed by atoms with Gasteiger partial charge in [0.05, 0.1) is 0 Å². The van der Waals surface area contributed by atoms with E-state index >= 15 is 0 Å².